The molecule has 0 aliphatic rings. The van der Waals surface area contributed by atoms with E-state index in [9.17, 15) is 0 Å². The van der Waals surface area contributed by atoms with Gasteiger partial charge in [-0.05, 0) is 38.1 Å². The molecule has 0 spiro atoms. The minimum atomic E-state index is -0.282. The molecule has 1 aromatic carbocycles. The smallest absolute Gasteiger partial charge is 0.134 e. The van der Waals surface area contributed by atoms with Crippen LogP contribution in [0.4, 0.5) is 0 Å². The number of furan rings is 1. The molecular weight excluding hydrogens is 238 g/mol. The lowest BCUT2D eigenvalue weighted by atomic mass is 10.1. The molecule has 3 aromatic rings. The third-order valence-electron chi connectivity index (χ3n) is 3.36. The molecular formula is C15H17N3O. The van der Waals surface area contributed by atoms with Gasteiger partial charge in [0.2, 0.25) is 0 Å². The van der Waals surface area contributed by atoms with Crippen LogP contribution in [-0.2, 0) is 6.54 Å². The monoisotopic (exact) mass is 255 g/mol. The molecule has 1 unspecified atom stereocenters. The second kappa shape index (κ2) is 4.55. The van der Waals surface area contributed by atoms with Crippen LogP contribution in [0.1, 0.15) is 30.0 Å². The van der Waals surface area contributed by atoms with Gasteiger partial charge >= 0.3 is 0 Å². The Balaban J connectivity index is 2.04. The first-order valence-corrected chi connectivity index (χ1v) is 6.46. The maximum atomic E-state index is 6.28. The summed E-state index contributed by atoms with van der Waals surface area (Å²) in [5.74, 6) is 0.774. The van der Waals surface area contributed by atoms with Crippen molar-refractivity contribution in [2.24, 2.45) is 5.73 Å². The Kier molecular flexibility index (Phi) is 2.87. The Bertz CT molecular complexity index is 711. The van der Waals surface area contributed by atoms with Crippen molar-refractivity contribution < 1.29 is 4.42 Å². The Hall–Kier alpha value is -2.07. The highest BCUT2D eigenvalue weighted by atomic mass is 16.3. The Morgan fingerprint density at radius 3 is 2.95 bits per heavy atom. The fourth-order valence-corrected chi connectivity index (χ4v) is 2.35. The average molecular weight is 255 g/mol. The van der Waals surface area contributed by atoms with E-state index in [0.29, 0.717) is 0 Å². The molecule has 4 heteroatoms. The average Bonchev–Trinajstić information content (AvgIpc) is 3.03. The summed E-state index contributed by atoms with van der Waals surface area (Å²) in [7, 11) is 0. The fourth-order valence-electron chi connectivity index (χ4n) is 2.35. The summed E-state index contributed by atoms with van der Waals surface area (Å²) in [6.45, 7) is 4.92. The van der Waals surface area contributed by atoms with E-state index >= 15 is 0 Å². The van der Waals surface area contributed by atoms with Crippen molar-refractivity contribution in [3.8, 4) is 0 Å². The van der Waals surface area contributed by atoms with Crippen LogP contribution < -0.4 is 5.73 Å². The molecule has 0 saturated heterocycles. The number of nitrogens with zero attached hydrogens (tertiary/aromatic N) is 2. The molecule has 2 aromatic heterocycles. The summed E-state index contributed by atoms with van der Waals surface area (Å²) in [6.07, 6.45) is 1.77. The standard InChI is InChI=1S/C15H17N3O/c1-3-18-12(6-7-17-18)15(16)14-9-11-8-10(2)4-5-13(11)19-14/h4-9,15H,3,16H2,1-2H3. The largest absolute Gasteiger partial charge is 0.459 e. The third kappa shape index (κ3) is 2.04. The molecule has 2 heterocycles. The molecule has 0 saturated carbocycles. The van der Waals surface area contributed by atoms with Gasteiger partial charge in [-0.2, -0.15) is 5.10 Å². The number of nitrogens with two attached hydrogens (primary N) is 1. The van der Waals surface area contributed by atoms with Crippen LogP contribution in [-0.4, -0.2) is 9.78 Å². The predicted octanol–water partition coefficient (Wildman–Crippen LogP) is 3.01. The first-order chi connectivity index (χ1) is 9.19. The molecule has 3 rings (SSSR count). The van der Waals surface area contributed by atoms with Crippen molar-refractivity contribution in [2.75, 3.05) is 0 Å². The van der Waals surface area contributed by atoms with Crippen molar-refractivity contribution in [3.05, 3.63) is 53.5 Å². The van der Waals surface area contributed by atoms with E-state index in [-0.39, 0.29) is 6.04 Å². The lowest BCUT2D eigenvalue weighted by molar-refractivity contribution is 0.500. The van der Waals surface area contributed by atoms with Gasteiger partial charge in [0.05, 0.1) is 5.69 Å². The normalized spacial score (nSPS) is 13.0. The predicted molar refractivity (Wildman–Crippen MR) is 74.9 cm³/mol. The number of aryl methyl sites for hydroxylation is 2. The molecule has 1 atom stereocenters. The summed E-state index contributed by atoms with van der Waals surface area (Å²) in [5, 5.41) is 5.34. The van der Waals surface area contributed by atoms with Crippen LogP contribution in [0, 0.1) is 6.92 Å². The number of hydrogen-bond acceptors (Lipinski definition) is 3. The van der Waals surface area contributed by atoms with Gasteiger partial charge in [0.1, 0.15) is 17.4 Å². The van der Waals surface area contributed by atoms with Gasteiger partial charge in [0, 0.05) is 18.1 Å². The Morgan fingerprint density at radius 1 is 1.32 bits per heavy atom. The Labute approximate surface area is 111 Å². The van der Waals surface area contributed by atoms with Crippen LogP contribution in [0.2, 0.25) is 0 Å². The van der Waals surface area contributed by atoms with E-state index in [0.717, 1.165) is 29.0 Å². The molecule has 2 N–H and O–H groups in total. The van der Waals surface area contributed by atoms with Crippen LogP contribution >= 0.6 is 0 Å². The highest BCUT2D eigenvalue weighted by Crippen LogP contribution is 2.27. The second-order valence-corrected chi connectivity index (χ2v) is 4.74. The number of aromatic nitrogens is 2. The molecule has 98 valence electrons. The molecule has 0 aliphatic carbocycles. The number of fused-ring (bicyclic) bond motifs is 1. The minimum Gasteiger partial charge on any atom is -0.459 e. The molecule has 0 bridgehead atoms. The molecule has 0 radical (unpaired) electrons. The SMILES string of the molecule is CCn1nccc1C(N)c1cc2cc(C)ccc2o1. The van der Waals surface area contributed by atoms with Gasteiger partial charge in [-0.3, -0.25) is 4.68 Å². The number of benzene rings is 1. The van der Waals surface area contributed by atoms with Crippen LogP contribution in [0.15, 0.2) is 40.9 Å². The molecule has 0 aliphatic heterocycles. The van der Waals surface area contributed by atoms with E-state index in [4.69, 9.17) is 10.2 Å². The van der Waals surface area contributed by atoms with E-state index in [1.165, 1.54) is 5.56 Å². The highest BCUT2D eigenvalue weighted by molar-refractivity contribution is 5.78. The van der Waals surface area contributed by atoms with E-state index in [1.807, 2.05) is 35.9 Å². The van der Waals surface area contributed by atoms with E-state index < -0.39 is 0 Å². The summed E-state index contributed by atoms with van der Waals surface area (Å²) in [4.78, 5) is 0. The lowest BCUT2D eigenvalue weighted by Crippen LogP contribution is -2.16. The summed E-state index contributed by atoms with van der Waals surface area (Å²) >= 11 is 0. The maximum absolute atomic E-state index is 6.28. The van der Waals surface area contributed by atoms with E-state index in [1.54, 1.807) is 6.20 Å². The van der Waals surface area contributed by atoms with Crippen molar-refractivity contribution in [1.29, 1.82) is 0 Å². The fraction of sp³-hybridized carbons (Fsp3) is 0.267. The van der Waals surface area contributed by atoms with Crippen molar-refractivity contribution in [3.63, 3.8) is 0 Å². The zero-order chi connectivity index (χ0) is 13.4. The van der Waals surface area contributed by atoms with Gasteiger partial charge in [-0.15, -0.1) is 0 Å². The maximum Gasteiger partial charge on any atom is 0.134 e. The molecule has 0 fully saturated rings. The van der Waals surface area contributed by atoms with Crippen LogP contribution in [0.25, 0.3) is 11.0 Å². The van der Waals surface area contributed by atoms with Gasteiger partial charge in [-0.1, -0.05) is 11.6 Å². The Morgan fingerprint density at radius 2 is 2.16 bits per heavy atom. The van der Waals surface area contributed by atoms with Crippen molar-refractivity contribution >= 4 is 11.0 Å². The molecule has 19 heavy (non-hydrogen) atoms. The zero-order valence-corrected chi connectivity index (χ0v) is 11.1. The first-order valence-electron chi connectivity index (χ1n) is 6.46. The third-order valence-corrected chi connectivity index (χ3v) is 3.36. The number of hydrogen-bond donors (Lipinski definition) is 1. The summed E-state index contributed by atoms with van der Waals surface area (Å²) in [6, 6.07) is 9.80. The van der Waals surface area contributed by atoms with Gasteiger partial charge < -0.3 is 10.2 Å². The molecule has 0 amide bonds. The minimum absolute atomic E-state index is 0.282. The van der Waals surface area contributed by atoms with Crippen molar-refractivity contribution in [1.82, 2.24) is 9.78 Å². The highest BCUT2D eigenvalue weighted by Gasteiger charge is 2.17. The van der Waals surface area contributed by atoms with Gasteiger partial charge in [0.25, 0.3) is 0 Å². The van der Waals surface area contributed by atoms with Crippen LogP contribution in [0.3, 0.4) is 0 Å². The van der Waals surface area contributed by atoms with E-state index in [2.05, 4.69) is 18.1 Å². The zero-order valence-electron chi connectivity index (χ0n) is 11.1. The number of rotatable bonds is 3. The molecule has 4 nitrogen and oxygen atoms in total. The topological polar surface area (TPSA) is 57.0 Å². The van der Waals surface area contributed by atoms with Crippen LogP contribution in [0.5, 0.6) is 0 Å². The second-order valence-electron chi connectivity index (χ2n) is 4.74. The lowest BCUT2D eigenvalue weighted by Gasteiger charge is -2.10. The first kappa shape index (κ1) is 12.0. The van der Waals surface area contributed by atoms with Crippen molar-refractivity contribution in [2.45, 2.75) is 26.4 Å². The van der Waals surface area contributed by atoms with Gasteiger partial charge in [-0.25, -0.2) is 0 Å². The quantitative estimate of drug-likeness (QED) is 0.782. The summed E-state index contributed by atoms with van der Waals surface area (Å²) in [5.41, 5.74) is 9.34. The van der Waals surface area contributed by atoms with Gasteiger partial charge in [0.15, 0.2) is 0 Å². The summed E-state index contributed by atoms with van der Waals surface area (Å²) < 4.78 is 7.73.